The zero-order valence-corrected chi connectivity index (χ0v) is 13.1. The first-order valence-corrected chi connectivity index (χ1v) is 5.66. The Morgan fingerprint density at radius 2 is 2.00 bits per heavy atom. The molecule has 0 spiro atoms. The van der Waals surface area contributed by atoms with Crippen molar-refractivity contribution >= 4 is 29.9 Å². The maximum atomic E-state index is 10.8. The molecule has 0 aliphatic rings. The molecular weight excluding hydrogens is 341 g/mol. The lowest BCUT2D eigenvalue weighted by Crippen LogP contribution is -2.38. The van der Waals surface area contributed by atoms with Gasteiger partial charge in [0.25, 0.3) is 0 Å². The number of halogens is 1. The first-order valence-electron chi connectivity index (χ1n) is 5.66. The van der Waals surface area contributed by atoms with E-state index in [0.29, 0.717) is 13.2 Å². The van der Waals surface area contributed by atoms with Crippen LogP contribution in [0.2, 0.25) is 0 Å². The summed E-state index contributed by atoms with van der Waals surface area (Å²) in [6.45, 7) is 8.49. The average Bonchev–Trinajstić information content (AvgIpc) is 2.35. The molecule has 0 heterocycles. The Kier molecular flexibility index (Phi) is 7.86. The van der Waals surface area contributed by atoms with Crippen LogP contribution in [0.3, 0.4) is 0 Å². The molecule has 1 N–H and O–H groups in total. The number of nitrogens with one attached hydrogen (secondary N) is 1. The molecule has 0 atom stereocenters. The normalized spacial score (nSPS) is 10.3. The second kappa shape index (κ2) is 8.26. The molecule has 0 bridgehead atoms. The van der Waals surface area contributed by atoms with E-state index in [1.165, 1.54) is 11.6 Å². The number of hydrogen-bond donors (Lipinski definition) is 1. The monoisotopic (exact) mass is 361 g/mol. The van der Waals surface area contributed by atoms with Gasteiger partial charge >= 0.3 is 5.97 Å². The van der Waals surface area contributed by atoms with Crippen LogP contribution < -0.4 is 5.32 Å². The highest BCUT2D eigenvalue weighted by Gasteiger charge is 2.18. The number of esters is 1. The second-order valence-electron chi connectivity index (χ2n) is 4.29. The Labute approximate surface area is 126 Å². The van der Waals surface area contributed by atoms with Gasteiger partial charge in [0.1, 0.15) is 6.61 Å². The highest BCUT2D eigenvalue weighted by atomic mass is 127. The summed E-state index contributed by atoms with van der Waals surface area (Å²) in [7, 11) is 0. The van der Waals surface area contributed by atoms with Crippen molar-refractivity contribution in [2.45, 2.75) is 19.4 Å². The molecule has 0 aromatic heterocycles. The van der Waals surface area contributed by atoms with Crippen LogP contribution in [-0.2, 0) is 15.1 Å². The predicted octanol–water partition coefficient (Wildman–Crippen LogP) is 2.86. The lowest BCUT2D eigenvalue weighted by atomic mass is 9.94. The van der Waals surface area contributed by atoms with Gasteiger partial charge < -0.3 is 10.1 Å². The summed E-state index contributed by atoms with van der Waals surface area (Å²) in [6.07, 6.45) is 1.17. The Morgan fingerprint density at radius 1 is 1.39 bits per heavy atom. The zero-order chi connectivity index (χ0) is 12.7. The molecule has 0 saturated carbocycles. The highest BCUT2D eigenvalue weighted by molar-refractivity contribution is 14.0. The molecule has 18 heavy (non-hydrogen) atoms. The third kappa shape index (κ3) is 5.64. The van der Waals surface area contributed by atoms with Crippen LogP contribution in [0.15, 0.2) is 43.0 Å². The molecule has 1 rings (SSSR count). The van der Waals surface area contributed by atoms with Crippen LogP contribution in [0.5, 0.6) is 0 Å². The fourth-order valence-corrected chi connectivity index (χ4v) is 1.53. The van der Waals surface area contributed by atoms with Gasteiger partial charge in [-0.2, -0.15) is 0 Å². The van der Waals surface area contributed by atoms with Crippen molar-refractivity contribution in [3.8, 4) is 0 Å². The first-order chi connectivity index (χ1) is 8.06. The average molecular weight is 361 g/mol. The SMILES string of the molecule is C=CC(=O)OCCNC(C)(C)c1ccccc1.I. The predicted molar refractivity (Wildman–Crippen MR) is 84.0 cm³/mol. The van der Waals surface area contributed by atoms with E-state index in [4.69, 9.17) is 4.74 Å². The fourth-order valence-electron chi connectivity index (χ4n) is 1.53. The van der Waals surface area contributed by atoms with Gasteiger partial charge in [0.2, 0.25) is 0 Å². The largest absolute Gasteiger partial charge is 0.461 e. The minimum atomic E-state index is -0.385. The zero-order valence-electron chi connectivity index (χ0n) is 10.8. The van der Waals surface area contributed by atoms with Crippen molar-refractivity contribution < 1.29 is 9.53 Å². The maximum Gasteiger partial charge on any atom is 0.330 e. The molecule has 0 aliphatic heterocycles. The van der Waals surface area contributed by atoms with Gasteiger partial charge in [-0.1, -0.05) is 36.9 Å². The minimum Gasteiger partial charge on any atom is -0.461 e. The molecule has 4 heteroatoms. The minimum absolute atomic E-state index is 0. The van der Waals surface area contributed by atoms with E-state index in [1.807, 2.05) is 18.2 Å². The molecule has 0 radical (unpaired) electrons. The Morgan fingerprint density at radius 3 is 2.56 bits per heavy atom. The fraction of sp³-hybridized carbons (Fsp3) is 0.357. The number of benzene rings is 1. The summed E-state index contributed by atoms with van der Waals surface area (Å²) in [5.74, 6) is -0.385. The number of carbonyl (C=O) groups is 1. The van der Waals surface area contributed by atoms with Crippen molar-refractivity contribution in [3.05, 3.63) is 48.6 Å². The molecule has 0 fully saturated rings. The standard InChI is InChI=1S/C14H19NO2.HI/c1-4-13(16)17-11-10-15-14(2,3)12-8-6-5-7-9-12;/h4-9,15H,1,10-11H2,2-3H3;1H. The van der Waals surface area contributed by atoms with E-state index in [2.05, 4.69) is 37.9 Å². The van der Waals surface area contributed by atoms with E-state index in [1.54, 1.807) is 0 Å². The molecular formula is C14H20INO2. The van der Waals surface area contributed by atoms with E-state index in [0.717, 1.165) is 0 Å². The van der Waals surface area contributed by atoms with E-state index in [9.17, 15) is 4.79 Å². The maximum absolute atomic E-state index is 10.8. The number of rotatable bonds is 6. The summed E-state index contributed by atoms with van der Waals surface area (Å²) in [4.78, 5) is 10.8. The van der Waals surface area contributed by atoms with E-state index in [-0.39, 0.29) is 35.5 Å². The topological polar surface area (TPSA) is 38.3 Å². The summed E-state index contributed by atoms with van der Waals surface area (Å²) in [5.41, 5.74) is 1.07. The molecule has 0 amide bonds. The van der Waals surface area contributed by atoms with E-state index >= 15 is 0 Å². The van der Waals surface area contributed by atoms with Gasteiger partial charge in [0.05, 0.1) is 0 Å². The Balaban J connectivity index is 0.00000289. The van der Waals surface area contributed by atoms with Crippen LogP contribution in [0.25, 0.3) is 0 Å². The molecule has 1 aromatic carbocycles. The van der Waals surface area contributed by atoms with Gasteiger partial charge in [-0.05, 0) is 19.4 Å². The molecule has 0 aliphatic carbocycles. The molecule has 0 saturated heterocycles. The highest BCUT2D eigenvalue weighted by Crippen LogP contribution is 2.18. The van der Waals surface area contributed by atoms with E-state index < -0.39 is 0 Å². The summed E-state index contributed by atoms with van der Waals surface area (Å²) in [6, 6.07) is 10.2. The smallest absolute Gasteiger partial charge is 0.330 e. The van der Waals surface area contributed by atoms with Crippen molar-refractivity contribution in [2.24, 2.45) is 0 Å². The van der Waals surface area contributed by atoms with Gasteiger partial charge in [-0.15, -0.1) is 24.0 Å². The molecule has 100 valence electrons. The summed E-state index contributed by atoms with van der Waals surface area (Å²) < 4.78 is 4.90. The Hall–Kier alpha value is -0.880. The van der Waals surface area contributed by atoms with Crippen LogP contribution in [0, 0.1) is 0 Å². The van der Waals surface area contributed by atoms with Crippen molar-refractivity contribution in [3.63, 3.8) is 0 Å². The van der Waals surface area contributed by atoms with Crippen LogP contribution in [0.4, 0.5) is 0 Å². The van der Waals surface area contributed by atoms with Crippen molar-refractivity contribution in [2.75, 3.05) is 13.2 Å². The van der Waals surface area contributed by atoms with Crippen molar-refractivity contribution in [1.29, 1.82) is 0 Å². The van der Waals surface area contributed by atoms with Crippen LogP contribution >= 0.6 is 24.0 Å². The lowest BCUT2D eigenvalue weighted by Gasteiger charge is -2.26. The van der Waals surface area contributed by atoms with Gasteiger partial charge in [0.15, 0.2) is 0 Å². The lowest BCUT2D eigenvalue weighted by molar-refractivity contribution is -0.137. The van der Waals surface area contributed by atoms with Gasteiger partial charge in [0, 0.05) is 18.2 Å². The third-order valence-electron chi connectivity index (χ3n) is 2.58. The number of carbonyl (C=O) groups excluding carboxylic acids is 1. The third-order valence-corrected chi connectivity index (χ3v) is 2.58. The summed E-state index contributed by atoms with van der Waals surface area (Å²) >= 11 is 0. The number of ether oxygens (including phenoxy) is 1. The van der Waals surface area contributed by atoms with Gasteiger partial charge in [-0.3, -0.25) is 0 Å². The van der Waals surface area contributed by atoms with Crippen molar-refractivity contribution in [1.82, 2.24) is 5.32 Å². The Bertz CT molecular complexity index is 377. The van der Waals surface area contributed by atoms with Crippen LogP contribution in [0.1, 0.15) is 19.4 Å². The second-order valence-corrected chi connectivity index (χ2v) is 4.29. The summed E-state index contributed by atoms with van der Waals surface area (Å²) in [5, 5.41) is 3.34. The van der Waals surface area contributed by atoms with Gasteiger partial charge in [-0.25, -0.2) is 4.79 Å². The molecule has 3 nitrogen and oxygen atoms in total. The number of hydrogen-bond acceptors (Lipinski definition) is 3. The quantitative estimate of drug-likeness (QED) is 0.367. The molecule has 1 aromatic rings. The molecule has 0 unspecified atom stereocenters. The van der Waals surface area contributed by atoms with Crippen LogP contribution in [-0.4, -0.2) is 19.1 Å². The first kappa shape index (κ1) is 17.1.